The Morgan fingerprint density at radius 3 is 2.32 bits per heavy atom. The predicted octanol–water partition coefficient (Wildman–Crippen LogP) is 2.44. The monoisotopic (exact) mass is 388 g/mol. The van der Waals surface area contributed by atoms with Gasteiger partial charge in [0.05, 0.1) is 7.11 Å². The van der Waals surface area contributed by atoms with Gasteiger partial charge in [-0.15, -0.1) is 0 Å². The molecule has 0 saturated carbocycles. The third kappa shape index (κ3) is 5.60. The van der Waals surface area contributed by atoms with Crippen LogP contribution in [0.3, 0.4) is 0 Å². The van der Waals surface area contributed by atoms with E-state index in [1.54, 1.807) is 31.4 Å². The van der Waals surface area contributed by atoms with Gasteiger partial charge in [-0.05, 0) is 36.4 Å². The summed E-state index contributed by atoms with van der Waals surface area (Å²) in [5.74, 6) is 1.52. The average Bonchev–Trinajstić information content (AvgIpc) is 2.74. The Morgan fingerprint density at radius 2 is 1.64 bits per heavy atom. The number of piperazine rings is 1. The summed E-state index contributed by atoms with van der Waals surface area (Å²) in [6, 6.07) is 13.3. The molecule has 1 heterocycles. The lowest BCUT2D eigenvalue weighted by Crippen LogP contribution is -2.50. The van der Waals surface area contributed by atoms with Crippen LogP contribution in [0.5, 0.6) is 17.2 Å². The van der Waals surface area contributed by atoms with Crippen molar-refractivity contribution in [3.8, 4) is 17.2 Å². The number of para-hydroxylation sites is 2. The lowest BCUT2D eigenvalue weighted by Gasteiger charge is -2.34. The number of methoxy groups -OCH3 is 1. The molecule has 3 rings (SSSR count). The summed E-state index contributed by atoms with van der Waals surface area (Å²) in [5, 5.41) is 0. The fraction of sp³-hybridized carbons (Fsp3) is 0.381. The molecule has 2 aromatic carbocycles. The van der Waals surface area contributed by atoms with Crippen molar-refractivity contribution in [2.24, 2.45) is 0 Å². The number of carbonyl (C=O) groups is 1. The number of ether oxygens (including phenoxy) is 3. The molecule has 0 atom stereocenters. The average molecular weight is 388 g/mol. The van der Waals surface area contributed by atoms with Crippen LogP contribution in [0.15, 0.2) is 48.5 Å². The molecule has 1 aliphatic rings. The first-order valence-electron chi connectivity index (χ1n) is 9.30. The van der Waals surface area contributed by atoms with Gasteiger partial charge >= 0.3 is 0 Å². The highest BCUT2D eigenvalue weighted by Gasteiger charge is 2.21. The maximum absolute atomic E-state index is 12.9. The van der Waals surface area contributed by atoms with E-state index < -0.39 is 0 Å². The Hall–Kier alpha value is -2.80. The second kappa shape index (κ2) is 9.94. The van der Waals surface area contributed by atoms with Crippen molar-refractivity contribution >= 4 is 5.91 Å². The molecule has 1 fully saturated rings. The molecule has 0 aromatic heterocycles. The summed E-state index contributed by atoms with van der Waals surface area (Å²) < 4.78 is 29.3. The predicted molar refractivity (Wildman–Crippen MR) is 103 cm³/mol. The van der Waals surface area contributed by atoms with Gasteiger partial charge in [0.1, 0.15) is 18.2 Å². The second-order valence-electron chi connectivity index (χ2n) is 6.46. The Morgan fingerprint density at radius 1 is 0.964 bits per heavy atom. The van der Waals surface area contributed by atoms with E-state index in [0.29, 0.717) is 36.9 Å². The third-order valence-electron chi connectivity index (χ3n) is 4.64. The van der Waals surface area contributed by atoms with Crippen LogP contribution in [0.4, 0.5) is 4.39 Å². The van der Waals surface area contributed by atoms with Crippen LogP contribution in [-0.4, -0.2) is 68.8 Å². The van der Waals surface area contributed by atoms with Gasteiger partial charge in [0.15, 0.2) is 18.1 Å². The van der Waals surface area contributed by atoms with E-state index in [2.05, 4.69) is 4.90 Å². The highest BCUT2D eigenvalue weighted by Crippen LogP contribution is 2.25. The van der Waals surface area contributed by atoms with Gasteiger partial charge < -0.3 is 19.1 Å². The van der Waals surface area contributed by atoms with Crippen molar-refractivity contribution in [1.29, 1.82) is 0 Å². The number of halogens is 1. The van der Waals surface area contributed by atoms with Gasteiger partial charge in [0, 0.05) is 32.7 Å². The molecule has 0 spiro atoms. The Bertz CT molecular complexity index is 761. The number of hydrogen-bond donors (Lipinski definition) is 0. The fourth-order valence-corrected chi connectivity index (χ4v) is 3.01. The summed E-state index contributed by atoms with van der Waals surface area (Å²) in [7, 11) is 1.57. The standard InChI is InChI=1S/C21H25FN2O4/c1-26-19-4-2-3-5-20(19)28-16-21(25)24-12-10-23(11-13-24)14-15-27-18-8-6-17(22)7-9-18/h2-9H,10-16H2,1H3. The van der Waals surface area contributed by atoms with Gasteiger partial charge in [-0.1, -0.05) is 12.1 Å². The largest absolute Gasteiger partial charge is 0.493 e. The molecule has 0 unspecified atom stereocenters. The van der Waals surface area contributed by atoms with Crippen molar-refractivity contribution in [3.05, 3.63) is 54.3 Å². The highest BCUT2D eigenvalue weighted by molar-refractivity contribution is 5.78. The van der Waals surface area contributed by atoms with Crippen LogP contribution in [0.1, 0.15) is 0 Å². The summed E-state index contributed by atoms with van der Waals surface area (Å²) in [5.41, 5.74) is 0. The molecular weight excluding hydrogens is 363 g/mol. The Kier molecular flexibility index (Phi) is 7.08. The number of benzene rings is 2. The topological polar surface area (TPSA) is 51.2 Å². The van der Waals surface area contributed by atoms with Gasteiger partial charge in [0.2, 0.25) is 0 Å². The minimum absolute atomic E-state index is 0.00590. The van der Waals surface area contributed by atoms with E-state index in [1.807, 2.05) is 17.0 Å². The third-order valence-corrected chi connectivity index (χ3v) is 4.64. The molecule has 28 heavy (non-hydrogen) atoms. The summed E-state index contributed by atoms with van der Waals surface area (Å²) >= 11 is 0. The van der Waals surface area contributed by atoms with Crippen LogP contribution < -0.4 is 14.2 Å². The minimum atomic E-state index is -0.275. The van der Waals surface area contributed by atoms with Crippen molar-refractivity contribution in [2.45, 2.75) is 0 Å². The SMILES string of the molecule is COc1ccccc1OCC(=O)N1CCN(CCOc2ccc(F)cc2)CC1. The van der Waals surface area contributed by atoms with E-state index >= 15 is 0 Å². The van der Waals surface area contributed by atoms with Crippen molar-refractivity contribution in [2.75, 3.05) is 53.0 Å². The lowest BCUT2D eigenvalue weighted by molar-refractivity contribution is -0.135. The van der Waals surface area contributed by atoms with Crippen LogP contribution >= 0.6 is 0 Å². The van der Waals surface area contributed by atoms with Gasteiger partial charge in [0.25, 0.3) is 5.91 Å². The fourth-order valence-electron chi connectivity index (χ4n) is 3.01. The Labute approximate surface area is 164 Å². The number of carbonyl (C=O) groups excluding carboxylic acids is 1. The molecule has 0 N–H and O–H groups in total. The Balaban J connectivity index is 1.36. The van der Waals surface area contributed by atoms with Crippen LogP contribution in [0.25, 0.3) is 0 Å². The van der Waals surface area contributed by atoms with E-state index in [9.17, 15) is 9.18 Å². The molecule has 1 saturated heterocycles. The molecule has 2 aromatic rings. The maximum Gasteiger partial charge on any atom is 0.260 e. The minimum Gasteiger partial charge on any atom is -0.493 e. The molecule has 0 bridgehead atoms. The number of amides is 1. The molecule has 7 heteroatoms. The van der Waals surface area contributed by atoms with Gasteiger partial charge in [-0.3, -0.25) is 9.69 Å². The first kappa shape index (κ1) is 19.9. The number of hydrogen-bond acceptors (Lipinski definition) is 5. The normalized spacial score (nSPS) is 14.6. The lowest BCUT2D eigenvalue weighted by atomic mass is 10.3. The molecular formula is C21H25FN2O4. The summed E-state index contributed by atoms with van der Waals surface area (Å²) in [4.78, 5) is 16.4. The van der Waals surface area contributed by atoms with Crippen LogP contribution in [0.2, 0.25) is 0 Å². The molecule has 0 aliphatic carbocycles. The van der Waals surface area contributed by atoms with Crippen molar-refractivity contribution < 1.29 is 23.4 Å². The molecule has 6 nitrogen and oxygen atoms in total. The zero-order valence-electron chi connectivity index (χ0n) is 16.0. The molecule has 1 amide bonds. The van der Waals surface area contributed by atoms with Gasteiger partial charge in [-0.25, -0.2) is 4.39 Å². The summed E-state index contributed by atoms with van der Waals surface area (Å²) in [6.45, 7) is 4.16. The zero-order chi connectivity index (χ0) is 19.8. The van der Waals surface area contributed by atoms with Crippen LogP contribution in [-0.2, 0) is 4.79 Å². The van der Waals surface area contributed by atoms with Crippen molar-refractivity contribution in [3.63, 3.8) is 0 Å². The molecule has 1 aliphatic heterocycles. The maximum atomic E-state index is 12.9. The van der Waals surface area contributed by atoms with Gasteiger partial charge in [-0.2, -0.15) is 0 Å². The smallest absolute Gasteiger partial charge is 0.260 e. The first-order valence-corrected chi connectivity index (χ1v) is 9.30. The van der Waals surface area contributed by atoms with Crippen LogP contribution in [0, 0.1) is 5.82 Å². The first-order chi connectivity index (χ1) is 13.7. The van der Waals surface area contributed by atoms with E-state index in [0.717, 1.165) is 19.6 Å². The van der Waals surface area contributed by atoms with E-state index in [4.69, 9.17) is 14.2 Å². The highest BCUT2D eigenvalue weighted by atomic mass is 19.1. The number of rotatable bonds is 8. The molecule has 150 valence electrons. The summed E-state index contributed by atoms with van der Waals surface area (Å²) in [6.07, 6.45) is 0. The second-order valence-corrected chi connectivity index (χ2v) is 6.46. The van der Waals surface area contributed by atoms with Crippen molar-refractivity contribution in [1.82, 2.24) is 9.80 Å². The van der Waals surface area contributed by atoms with E-state index in [1.165, 1.54) is 12.1 Å². The number of nitrogens with zero attached hydrogens (tertiary/aromatic N) is 2. The van der Waals surface area contributed by atoms with E-state index in [-0.39, 0.29) is 18.3 Å². The quantitative estimate of drug-likeness (QED) is 0.695. The zero-order valence-corrected chi connectivity index (χ0v) is 16.0. The molecule has 0 radical (unpaired) electrons.